The van der Waals surface area contributed by atoms with E-state index in [2.05, 4.69) is 16.5 Å². The molecule has 0 unspecified atom stereocenters. The van der Waals surface area contributed by atoms with Crippen molar-refractivity contribution < 1.29 is 0 Å². The molecule has 0 amide bonds. The van der Waals surface area contributed by atoms with Gasteiger partial charge in [-0.25, -0.2) is 4.79 Å². The quantitative estimate of drug-likeness (QED) is 0.635. The number of hydrogen-bond donors (Lipinski definition) is 1. The molecule has 0 fully saturated rings. The molecular formula is C10H8ClN5O2. The van der Waals surface area contributed by atoms with Crippen molar-refractivity contribution in [2.45, 2.75) is 13.1 Å². The van der Waals surface area contributed by atoms with Crippen LogP contribution in [-0.4, -0.2) is 19.1 Å². The first-order valence-electron chi connectivity index (χ1n) is 4.96. The fourth-order valence-corrected chi connectivity index (χ4v) is 1.89. The van der Waals surface area contributed by atoms with E-state index < -0.39 is 11.2 Å². The summed E-state index contributed by atoms with van der Waals surface area (Å²) in [5, 5.41) is 8.73. The second-order valence-electron chi connectivity index (χ2n) is 3.46. The highest BCUT2D eigenvalue weighted by Crippen LogP contribution is 2.15. The first-order chi connectivity index (χ1) is 8.60. The van der Waals surface area contributed by atoms with E-state index in [1.54, 1.807) is 6.08 Å². The lowest BCUT2D eigenvalue weighted by Gasteiger charge is -2.02. The highest BCUT2D eigenvalue weighted by atomic mass is 35.5. The summed E-state index contributed by atoms with van der Waals surface area (Å²) in [5.74, 6) is 0. The Morgan fingerprint density at radius 3 is 2.83 bits per heavy atom. The monoisotopic (exact) mass is 265 g/mol. The summed E-state index contributed by atoms with van der Waals surface area (Å²) < 4.78 is 2.47. The fraction of sp³-hybridized carbons (Fsp3) is 0.200. The van der Waals surface area contributed by atoms with Crippen LogP contribution >= 0.6 is 11.6 Å². The number of imidazole rings is 1. The van der Waals surface area contributed by atoms with Gasteiger partial charge in [0, 0.05) is 6.54 Å². The van der Waals surface area contributed by atoms with Crippen LogP contribution in [0.4, 0.5) is 0 Å². The lowest BCUT2D eigenvalue weighted by Crippen LogP contribution is -2.30. The zero-order valence-corrected chi connectivity index (χ0v) is 9.94. The van der Waals surface area contributed by atoms with Crippen molar-refractivity contribution in [3.8, 4) is 6.07 Å². The number of aromatic amines is 1. The molecule has 18 heavy (non-hydrogen) atoms. The molecule has 2 rings (SSSR count). The van der Waals surface area contributed by atoms with Crippen molar-refractivity contribution in [2.24, 2.45) is 0 Å². The number of hydrogen-bond acceptors (Lipinski definition) is 4. The van der Waals surface area contributed by atoms with Gasteiger partial charge in [0.25, 0.3) is 5.56 Å². The molecule has 92 valence electrons. The molecule has 0 atom stereocenters. The van der Waals surface area contributed by atoms with Gasteiger partial charge < -0.3 is 4.57 Å². The van der Waals surface area contributed by atoms with Gasteiger partial charge in [0.15, 0.2) is 11.2 Å². The van der Waals surface area contributed by atoms with Crippen molar-refractivity contribution in [1.82, 2.24) is 19.1 Å². The highest BCUT2D eigenvalue weighted by Gasteiger charge is 2.16. The molecule has 0 aliphatic carbocycles. The molecule has 2 heterocycles. The van der Waals surface area contributed by atoms with E-state index in [9.17, 15) is 9.59 Å². The molecule has 0 radical (unpaired) electrons. The second-order valence-corrected chi connectivity index (χ2v) is 3.79. The second kappa shape index (κ2) is 4.50. The van der Waals surface area contributed by atoms with Gasteiger partial charge in [-0.1, -0.05) is 6.08 Å². The third kappa shape index (κ3) is 1.72. The van der Waals surface area contributed by atoms with Crippen LogP contribution in [0.5, 0.6) is 0 Å². The Labute approximate surface area is 106 Å². The number of halogens is 1. The van der Waals surface area contributed by atoms with Gasteiger partial charge >= 0.3 is 5.69 Å². The van der Waals surface area contributed by atoms with Gasteiger partial charge in [-0.3, -0.25) is 14.3 Å². The van der Waals surface area contributed by atoms with Crippen LogP contribution in [0.2, 0.25) is 5.28 Å². The summed E-state index contributed by atoms with van der Waals surface area (Å²) in [5.41, 5.74) is -1.04. The van der Waals surface area contributed by atoms with Gasteiger partial charge in [-0.15, -0.1) is 6.58 Å². The molecule has 0 saturated carbocycles. The minimum absolute atomic E-state index is 0.0627. The maximum atomic E-state index is 11.8. The van der Waals surface area contributed by atoms with E-state index >= 15 is 0 Å². The van der Waals surface area contributed by atoms with Crippen molar-refractivity contribution >= 4 is 22.8 Å². The maximum Gasteiger partial charge on any atom is 0.331 e. The van der Waals surface area contributed by atoms with E-state index in [4.69, 9.17) is 16.9 Å². The number of nitrogens with one attached hydrogen (secondary N) is 1. The molecule has 7 nitrogen and oxygen atoms in total. The summed E-state index contributed by atoms with van der Waals surface area (Å²) >= 11 is 5.90. The summed E-state index contributed by atoms with van der Waals surface area (Å²) in [6, 6.07) is 1.83. The summed E-state index contributed by atoms with van der Waals surface area (Å²) in [6.45, 7) is 3.62. The van der Waals surface area contributed by atoms with Crippen molar-refractivity contribution in [3.05, 3.63) is 38.8 Å². The van der Waals surface area contributed by atoms with Gasteiger partial charge in [0.1, 0.15) is 6.54 Å². The molecule has 0 aromatic carbocycles. The molecular weight excluding hydrogens is 258 g/mol. The van der Waals surface area contributed by atoms with Gasteiger partial charge in [0.2, 0.25) is 5.28 Å². The Kier molecular flexibility index (Phi) is 3.04. The van der Waals surface area contributed by atoms with Gasteiger partial charge in [0.05, 0.1) is 6.07 Å². The largest absolute Gasteiger partial charge is 0.331 e. The normalized spacial score (nSPS) is 10.4. The molecule has 0 aliphatic rings. The standard InChI is InChI=1S/C10H8ClN5O2/c1-2-4-15-6-7(13-9(15)11)16(5-3-12)10(18)14-8(6)17/h2H,1,4-5H2,(H,14,17,18). The fourth-order valence-electron chi connectivity index (χ4n) is 1.66. The zero-order valence-electron chi connectivity index (χ0n) is 9.18. The third-order valence-corrected chi connectivity index (χ3v) is 2.67. The molecule has 0 spiro atoms. The van der Waals surface area contributed by atoms with E-state index in [1.165, 1.54) is 4.57 Å². The van der Waals surface area contributed by atoms with Crippen molar-refractivity contribution in [2.75, 3.05) is 0 Å². The van der Waals surface area contributed by atoms with Crippen LogP contribution in [-0.2, 0) is 13.1 Å². The Hall–Kier alpha value is -2.33. The molecule has 2 aromatic heterocycles. The zero-order chi connectivity index (χ0) is 13.3. The number of rotatable bonds is 3. The highest BCUT2D eigenvalue weighted by molar-refractivity contribution is 6.29. The lowest BCUT2D eigenvalue weighted by atomic mass is 10.5. The summed E-state index contributed by atoms with van der Waals surface area (Å²) in [6.07, 6.45) is 1.55. The van der Waals surface area contributed by atoms with Gasteiger partial charge in [-0.05, 0) is 11.6 Å². The topological polar surface area (TPSA) is 96.5 Å². The predicted octanol–water partition coefficient (Wildman–Crippen LogP) is 0.249. The van der Waals surface area contributed by atoms with Crippen molar-refractivity contribution in [3.63, 3.8) is 0 Å². The summed E-state index contributed by atoms with van der Waals surface area (Å²) in [4.78, 5) is 29.4. The van der Waals surface area contributed by atoms with Crippen LogP contribution in [0.25, 0.3) is 11.2 Å². The Bertz CT molecular complexity index is 776. The first-order valence-corrected chi connectivity index (χ1v) is 5.34. The lowest BCUT2D eigenvalue weighted by molar-refractivity contribution is 0.769. The van der Waals surface area contributed by atoms with Crippen LogP contribution in [0.15, 0.2) is 22.2 Å². The molecule has 1 N–H and O–H groups in total. The third-order valence-electron chi connectivity index (χ3n) is 2.38. The molecule has 8 heteroatoms. The number of aromatic nitrogens is 4. The van der Waals surface area contributed by atoms with Crippen LogP contribution in [0.1, 0.15) is 0 Å². The average Bonchev–Trinajstić information content (AvgIpc) is 2.63. The minimum atomic E-state index is -0.686. The summed E-state index contributed by atoms with van der Waals surface area (Å²) in [7, 11) is 0. The Morgan fingerprint density at radius 2 is 2.22 bits per heavy atom. The smallest absolute Gasteiger partial charge is 0.305 e. The number of H-pyrrole nitrogens is 1. The average molecular weight is 266 g/mol. The van der Waals surface area contributed by atoms with E-state index in [0.29, 0.717) is 0 Å². The van der Waals surface area contributed by atoms with Crippen LogP contribution in [0, 0.1) is 11.3 Å². The first kappa shape index (κ1) is 12.1. The Morgan fingerprint density at radius 1 is 1.50 bits per heavy atom. The molecule has 2 aromatic rings. The van der Waals surface area contributed by atoms with Gasteiger partial charge in [-0.2, -0.15) is 10.2 Å². The van der Waals surface area contributed by atoms with Crippen molar-refractivity contribution in [1.29, 1.82) is 5.26 Å². The number of fused-ring (bicyclic) bond motifs is 1. The van der Waals surface area contributed by atoms with E-state index in [0.717, 1.165) is 4.57 Å². The van der Waals surface area contributed by atoms with Crippen LogP contribution < -0.4 is 11.2 Å². The number of nitrogens with zero attached hydrogens (tertiary/aromatic N) is 4. The number of allylic oxidation sites excluding steroid dienone is 1. The van der Waals surface area contributed by atoms with Crippen LogP contribution in [0.3, 0.4) is 0 Å². The Balaban J connectivity index is 2.94. The van der Waals surface area contributed by atoms with E-state index in [1.807, 2.05) is 6.07 Å². The maximum absolute atomic E-state index is 11.8. The minimum Gasteiger partial charge on any atom is -0.305 e. The molecule has 0 saturated heterocycles. The van der Waals surface area contributed by atoms with E-state index in [-0.39, 0.29) is 29.5 Å². The molecule has 0 bridgehead atoms. The molecule has 0 aliphatic heterocycles. The predicted molar refractivity (Wildman–Crippen MR) is 65.4 cm³/mol. The SMILES string of the molecule is C=CCn1c(Cl)nc2c1c(=O)[nH]c(=O)n2CC#N. The number of nitriles is 1.